The highest BCUT2D eigenvalue weighted by Crippen LogP contribution is 2.61. The molecular weight excluding hydrogens is 282 g/mol. The summed E-state index contributed by atoms with van der Waals surface area (Å²) in [6, 6.07) is 6.18. The van der Waals surface area contributed by atoms with Gasteiger partial charge >= 0.3 is 5.97 Å². The van der Waals surface area contributed by atoms with Gasteiger partial charge in [0.2, 0.25) is 11.8 Å². The van der Waals surface area contributed by atoms with Crippen LogP contribution in [0.2, 0.25) is 0 Å². The van der Waals surface area contributed by atoms with Crippen molar-refractivity contribution in [3.8, 4) is 0 Å². The lowest BCUT2D eigenvalue weighted by Crippen LogP contribution is -2.38. The number of carboxylic acid groups (broad SMARTS) is 1. The lowest BCUT2D eigenvalue weighted by Gasteiger charge is -2.28. The van der Waals surface area contributed by atoms with Gasteiger partial charge in [0.15, 0.2) is 0 Å². The predicted molar refractivity (Wildman–Crippen MR) is 78.2 cm³/mol. The normalized spacial score (nSPS) is 35.3. The first kappa shape index (κ1) is 13.2. The largest absolute Gasteiger partial charge is 0.478 e. The van der Waals surface area contributed by atoms with E-state index in [4.69, 9.17) is 0 Å². The van der Waals surface area contributed by atoms with Crippen molar-refractivity contribution in [2.24, 2.45) is 23.2 Å². The topological polar surface area (TPSA) is 74.7 Å². The molecule has 0 spiro atoms. The van der Waals surface area contributed by atoms with Crippen LogP contribution < -0.4 is 4.90 Å². The number of anilines is 1. The summed E-state index contributed by atoms with van der Waals surface area (Å²) >= 11 is 0. The van der Waals surface area contributed by atoms with E-state index in [1.807, 2.05) is 19.1 Å². The second kappa shape index (κ2) is 4.06. The molecule has 1 saturated carbocycles. The standard InChI is InChI=1S/C17H15NO4/c1-17-10-7-6-9(8-10)13(17)14(19)18(16(17)22)12-5-3-2-4-11(12)15(20)21/h2-7,9-10,13H,8H2,1H3,(H,20,21)/t9-,10+,13-,17+/m1/s1. The average Bonchev–Trinajstić information content (AvgIpc) is 3.12. The van der Waals surface area contributed by atoms with Crippen molar-refractivity contribution in [2.45, 2.75) is 13.3 Å². The monoisotopic (exact) mass is 297 g/mol. The number of nitrogens with zero attached hydrogens (tertiary/aromatic N) is 1. The van der Waals surface area contributed by atoms with Crippen LogP contribution >= 0.6 is 0 Å². The van der Waals surface area contributed by atoms with E-state index < -0.39 is 11.4 Å². The SMILES string of the molecule is C[C@@]12C(=O)N(c3ccccc3C(=O)O)C(=O)[C@H]1[C@@H]1C=C[C@H]2C1. The fourth-order valence-corrected chi connectivity index (χ4v) is 4.38. The maximum absolute atomic E-state index is 13.0. The van der Waals surface area contributed by atoms with Crippen LogP contribution in [0, 0.1) is 23.2 Å². The Labute approximate surface area is 127 Å². The highest BCUT2D eigenvalue weighted by molar-refractivity contribution is 6.25. The zero-order valence-corrected chi connectivity index (χ0v) is 12.0. The van der Waals surface area contributed by atoms with Crippen LogP contribution in [-0.4, -0.2) is 22.9 Å². The smallest absolute Gasteiger partial charge is 0.337 e. The second-order valence-electron chi connectivity index (χ2n) is 6.45. The number of imide groups is 1. The fraction of sp³-hybridized carbons (Fsp3) is 0.353. The number of rotatable bonds is 2. The zero-order valence-electron chi connectivity index (χ0n) is 12.0. The molecule has 3 aliphatic rings. The van der Waals surface area contributed by atoms with Gasteiger partial charge in [-0.1, -0.05) is 24.3 Å². The van der Waals surface area contributed by atoms with E-state index in [1.165, 1.54) is 12.1 Å². The molecule has 0 unspecified atom stereocenters. The van der Waals surface area contributed by atoms with E-state index in [2.05, 4.69) is 0 Å². The van der Waals surface area contributed by atoms with E-state index in [-0.39, 0.29) is 40.8 Å². The van der Waals surface area contributed by atoms with Gasteiger partial charge < -0.3 is 5.11 Å². The first-order valence-corrected chi connectivity index (χ1v) is 7.35. The number of para-hydroxylation sites is 1. The summed E-state index contributed by atoms with van der Waals surface area (Å²) in [5.41, 5.74) is -0.574. The average molecular weight is 297 g/mol. The molecule has 1 heterocycles. The summed E-state index contributed by atoms with van der Waals surface area (Å²) in [5.74, 6) is -1.88. The van der Waals surface area contributed by atoms with Crippen molar-refractivity contribution in [1.82, 2.24) is 0 Å². The van der Waals surface area contributed by atoms with Gasteiger partial charge in [0.1, 0.15) is 0 Å². The molecule has 5 heteroatoms. The van der Waals surface area contributed by atoms with E-state index in [1.54, 1.807) is 12.1 Å². The molecule has 1 aromatic rings. The number of allylic oxidation sites excluding steroid dienone is 2. The van der Waals surface area contributed by atoms with Crippen molar-refractivity contribution in [3.63, 3.8) is 0 Å². The third-order valence-corrected chi connectivity index (χ3v) is 5.49. The summed E-state index contributed by atoms with van der Waals surface area (Å²) in [6.45, 7) is 1.84. The van der Waals surface area contributed by atoms with Gasteiger partial charge in [-0.15, -0.1) is 0 Å². The van der Waals surface area contributed by atoms with Crippen LogP contribution in [0.15, 0.2) is 36.4 Å². The second-order valence-corrected chi connectivity index (χ2v) is 6.45. The number of aromatic carboxylic acids is 1. The Morgan fingerprint density at radius 1 is 1.27 bits per heavy atom. The Bertz CT molecular complexity index is 753. The third-order valence-electron chi connectivity index (χ3n) is 5.49. The molecule has 2 fully saturated rings. The van der Waals surface area contributed by atoms with Crippen molar-refractivity contribution in [1.29, 1.82) is 0 Å². The summed E-state index contributed by atoms with van der Waals surface area (Å²) in [5, 5.41) is 9.32. The molecule has 2 bridgehead atoms. The summed E-state index contributed by atoms with van der Waals surface area (Å²) in [7, 11) is 0. The molecule has 22 heavy (non-hydrogen) atoms. The molecule has 0 radical (unpaired) electrons. The van der Waals surface area contributed by atoms with Crippen LogP contribution in [0.4, 0.5) is 5.69 Å². The molecule has 1 aliphatic heterocycles. The number of carboxylic acids is 1. The van der Waals surface area contributed by atoms with Crippen LogP contribution in [0.3, 0.4) is 0 Å². The molecule has 1 N–H and O–H groups in total. The number of benzene rings is 1. The Balaban J connectivity index is 1.85. The summed E-state index contributed by atoms with van der Waals surface area (Å²) in [4.78, 5) is 38.3. The Kier molecular flexibility index (Phi) is 2.45. The molecule has 112 valence electrons. The first-order valence-electron chi connectivity index (χ1n) is 7.35. The van der Waals surface area contributed by atoms with E-state index in [0.29, 0.717) is 0 Å². The molecule has 1 saturated heterocycles. The molecule has 2 aliphatic carbocycles. The number of amides is 2. The van der Waals surface area contributed by atoms with Crippen LogP contribution in [0.5, 0.6) is 0 Å². The maximum Gasteiger partial charge on any atom is 0.337 e. The number of hydrogen-bond donors (Lipinski definition) is 1. The van der Waals surface area contributed by atoms with Gasteiger partial charge in [0.05, 0.1) is 22.6 Å². The maximum atomic E-state index is 13.0. The van der Waals surface area contributed by atoms with Gasteiger partial charge in [-0.25, -0.2) is 9.69 Å². The minimum absolute atomic E-state index is 0.0203. The van der Waals surface area contributed by atoms with Crippen molar-refractivity contribution in [3.05, 3.63) is 42.0 Å². The highest BCUT2D eigenvalue weighted by atomic mass is 16.4. The highest BCUT2D eigenvalue weighted by Gasteiger charge is 2.67. The molecule has 4 rings (SSSR count). The predicted octanol–water partition coefficient (Wildman–Crippen LogP) is 2.09. The molecule has 5 nitrogen and oxygen atoms in total. The Morgan fingerprint density at radius 3 is 2.68 bits per heavy atom. The van der Waals surface area contributed by atoms with E-state index in [9.17, 15) is 19.5 Å². The molecule has 1 aromatic carbocycles. The number of carbonyl (C=O) groups is 3. The van der Waals surface area contributed by atoms with Gasteiger partial charge in [-0.3, -0.25) is 9.59 Å². The van der Waals surface area contributed by atoms with Gasteiger partial charge in [0, 0.05) is 0 Å². The zero-order chi connectivity index (χ0) is 15.6. The Morgan fingerprint density at radius 2 is 2.00 bits per heavy atom. The minimum Gasteiger partial charge on any atom is -0.478 e. The number of fused-ring (bicyclic) bond motifs is 5. The fourth-order valence-electron chi connectivity index (χ4n) is 4.38. The summed E-state index contributed by atoms with van der Waals surface area (Å²) < 4.78 is 0. The van der Waals surface area contributed by atoms with Gasteiger partial charge in [-0.05, 0) is 37.3 Å². The Hall–Kier alpha value is -2.43. The quantitative estimate of drug-likeness (QED) is 0.670. The van der Waals surface area contributed by atoms with Crippen LogP contribution in [-0.2, 0) is 9.59 Å². The molecule has 4 atom stereocenters. The van der Waals surface area contributed by atoms with E-state index in [0.717, 1.165) is 11.3 Å². The number of hydrogen-bond acceptors (Lipinski definition) is 3. The van der Waals surface area contributed by atoms with Gasteiger partial charge in [0.25, 0.3) is 0 Å². The van der Waals surface area contributed by atoms with Crippen LogP contribution in [0.25, 0.3) is 0 Å². The van der Waals surface area contributed by atoms with Crippen molar-refractivity contribution >= 4 is 23.5 Å². The first-order chi connectivity index (χ1) is 10.5. The molecular formula is C17H15NO4. The molecule has 0 aromatic heterocycles. The van der Waals surface area contributed by atoms with Crippen molar-refractivity contribution < 1.29 is 19.5 Å². The number of carbonyl (C=O) groups excluding carboxylic acids is 2. The van der Waals surface area contributed by atoms with Gasteiger partial charge in [-0.2, -0.15) is 0 Å². The van der Waals surface area contributed by atoms with Crippen LogP contribution in [0.1, 0.15) is 23.7 Å². The molecule has 2 amide bonds. The lowest BCUT2D eigenvalue weighted by molar-refractivity contribution is -0.127. The third kappa shape index (κ3) is 1.36. The minimum atomic E-state index is -1.14. The van der Waals surface area contributed by atoms with E-state index >= 15 is 0 Å². The lowest BCUT2D eigenvalue weighted by atomic mass is 9.71. The summed E-state index contributed by atoms with van der Waals surface area (Å²) in [6.07, 6.45) is 4.89. The van der Waals surface area contributed by atoms with Crippen molar-refractivity contribution in [2.75, 3.05) is 4.90 Å².